The van der Waals surface area contributed by atoms with Crippen molar-refractivity contribution in [1.29, 1.82) is 0 Å². The number of piperidine rings is 1. The van der Waals surface area contributed by atoms with Crippen molar-refractivity contribution in [3.05, 3.63) is 58.1 Å². The summed E-state index contributed by atoms with van der Waals surface area (Å²) in [5, 5.41) is 4.04. The van der Waals surface area contributed by atoms with Crippen molar-refractivity contribution in [2.75, 3.05) is 54.4 Å². The van der Waals surface area contributed by atoms with Gasteiger partial charge in [0.15, 0.2) is 9.84 Å². The minimum Gasteiger partial charge on any atom is -0.365 e. The molecule has 1 atom stereocenters. The molecule has 0 radical (unpaired) electrons. The first-order valence-electron chi connectivity index (χ1n) is 15.9. The fraction of sp³-hybridized carbons (Fsp3) is 0.594. The molecule has 6 heterocycles. The number of nitrogens with one attached hydrogen (secondary N) is 1. The van der Waals surface area contributed by atoms with Gasteiger partial charge >= 0.3 is 0 Å². The van der Waals surface area contributed by atoms with Gasteiger partial charge in [0, 0.05) is 37.7 Å². The normalized spacial score (nSPS) is 26.2. The minimum absolute atomic E-state index is 0.00249. The number of sulfone groups is 1. The summed E-state index contributed by atoms with van der Waals surface area (Å²) in [6.45, 7) is 5.55. The number of anilines is 2. The van der Waals surface area contributed by atoms with Crippen LogP contribution in [0.5, 0.6) is 0 Å². The van der Waals surface area contributed by atoms with Gasteiger partial charge in [-0.2, -0.15) is 0 Å². The molecule has 1 N–H and O–H groups in total. The number of rotatable bonds is 1. The summed E-state index contributed by atoms with van der Waals surface area (Å²) in [6, 6.07) is 8.03. The zero-order valence-electron chi connectivity index (χ0n) is 25.4. The molecule has 4 aliphatic rings. The average Bonchev–Trinajstić information content (AvgIpc) is 3.00. The van der Waals surface area contributed by atoms with Gasteiger partial charge in [-0.15, -0.1) is 0 Å². The number of hydrogen-bond acceptors (Lipinski definition) is 8. The SMILES string of the molecule is C[C@H]1Nc2ncnc3c2cc(N2CCS(=O)(=O)CC2)c(=O)n3CCCCCCN2CCC(CC2)CC(F)(F)c2cccc1c2. The lowest BCUT2D eigenvalue weighted by Gasteiger charge is -2.33. The fourth-order valence-electron chi connectivity index (χ4n) is 6.85. The Kier molecular flexibility index (Phi) is 8.92. The maximum atomic E-state index is 15.6. The summed E-state index contributed by atoms with van der Waals surface area (Å²) in [5.41, 5.74) is 1.49. The standard InChI is InChI=1S/C32H42F2N6O3S/c1-23-25-7-6-8-26(19-25)32(33,34)21-24-9-13-38(14-10-24)11-4-2-3-5-12-40-30-27(29(37-23)35-22-36-30)20-28(31(40)41)39-15-17-44(42,43)18-16-39/h6-8,19-20,22-24H,2-5,9-18,21H2,1H3,(H,35,36,37)/t23-/m1/s1. The monoisotopic (exact) mass is 628 g/mol. The highest BCUT2D eigenvalue weighted by atomic mass is 32.2. The molecule has 0 aliphatic carbocycles. The summed E-state index contributed by atoms with van der Waals surface area (Å²) < 4.78 is 57.1. The Balaban J connectivity index is 1.38. The van der Waals surface area contributed by atoms with E-state index in [2.05, 4.69) is 20.2 Å². The number of hydrogen-bond donors (Lipinski definition) is 1. The second kappa shape index (κ2) is 12.7. The highest BCUT2D eigenvalue weighted by Crippen LogP contribution is 2.39. The van der Waals surface area contributed by atoms with Gasteiger partial charge in [0.1, 0.15) is 23.5 Å². The van der Waals surface area contributed by atoms with Crippen LogP contribution in [0.25, 0.3) is 11.0 Å². The number of benzene rings is 1. The molecule has 4 aliphatic heterocycles. The van der Waals surface area contributed by atoms with Crippen LogP contribution in [0.2, 0.25) is 0 Å². The molecule has 0 saturated carbocycles. The molecule has 0 spiro atoms. The van der Waals surface area contributed by atoms with Gasteiger partial charge in [-0.3, -0.25) is 9.36 Å². The van der Waals surface area contributed by atoms with Crippen molar-refractivity contribution in [2.45, 2.75) is 70.4 Å². The van der Waals surface area contributed by atoms with Crippen molar-refractivity contribution in [2.24, 2.45) is 5.92 Å². The van der Waals surface area contributed by atoms with E-state index in [4.69, 9.17) is 0 Å². The Morgan fingerprint density at radius 3 is 2.41 bits per heavy atom. The van der Waals surface area contributed by atoms with E-state index in [0.717, 1.165) is 58.2 Å². The molecular formula is C32H42F2N6O3S. The first-order chi connectivity index (χ1) is 21.1. The molecule has 0 amide bonds. The highest BCUT2D eigenvalue weighted by molar-refractivity contribution is 7.91. The zero-order chi connectivity index (χ0) is 30.9. The molecule has 2 saturated heterocycles. The van der Waals surface area contributed by atoms with E-state index >= 15 is 8.78 Å². The van der Waals surface area contributed by atoms with E-state index in [-0.39, 0.29) is 54.1 Å². The van der Waals surface area contributed by atoms with Crippen LogP contribution in [0.1, 0.15) is 69.0 Å². The summed E-state index contributed by atoms with van der Waals surface area (Å²) in [7, 11) is -3.13. The summed E-state index contributed by atoms with van der Waals surface area (Å²) in [6.07, 6.45) is 6.67. The number of aryl methyl sites for hydroxylation is 1. The second-order valence-electron chi connectivity index (χ2n) is 12.7. The van der Waals surface area contributed by atoms with Crippen molar-refractivity contribution in [3.63, 3.8) is 0 Å². The van der Waals surface area contributed by atoms with Crippen LogP contribution in [0, 0.1) is 5.92 Å². The van der Waals surface area contributed by atoms with E-state index in [1.807, 2.05) is 17.9 Å². The quantitative estimate of drug-likeness (QED) is 0.404. The Labute approximate surface area is 257 Å². The van der Waals surface area contributed by atoms with Gasteiger partial charge in [0.25, 0.3) is 11.5 Å². The molecule has 238 valence electrons. The highest BCUT2D eigenvalue weighted by Gasteiger charge is 2.36. The van der Waals surface area contributed by atoms with Crippen LogP contribution in [-0.4, -0.2) is 72.1 Å². The molecule has 9 nitrogen and oxygen atoms in total. The molecule has 8 bridgehead atoms. The van der Waals surface area contributed by atoms with E-state index in [1.165, 1.54) is 12.4 Å². The van der Waals surface area contributed by atoms with Crippen LogP contribution in [0.3, 0.4) is 0 Å². The number of pyridine rings is 1. The van der Waals surface area contributed by atoms with Gasteiger partial charge < -0.3 is 15.1 Å². The van der Waals surface area contributed by atoms with Crippen LogP contribution in [0.4, 0.5) is 20.3 Å². The van der Waals surface area contributed by atoms with Crippen molar-refractivity contribution in [1.82, 2.24) is 19.4 Å². The Hall–Kier alpha value is -3.12. The fourth-order valence-corrected chi connectivity index (χ4v) is 8.05. The van der Waals surface area contributed by atoms with Gasteiger partial charge in [-0.05, 0) is 75.9 Å². The first-order valence-corrected chi connectivity index (χ1v) is 17.7. The third-order valence-corrected chi connectivity index (χ3v) is 11.2. The lowest BCUT2D eigenvalue weighted by molar-refractivity contribution is -0.0372. The van der Waals surface area contributed by atoms with Gasteiger partial charge in [0.2, 0.25) is 0 Å². The number of aromatic nitrogens is 3. The number of halogens is 2. The van der Waals surface area contributed by atoms with Gasteiger partial charge in [-0.1, -0.05) is 31.0 Å². The molecule has 44 heavy (non-hydrogen) atoms. The number of nitrogens with zero attached hydrogens (tertiary/aromatic N) is 5. The molecule has 2 aromatic heterocycles. The minimum atomic E-state index is -3.13. The van der Waals surface area contributed by atoms with Gasteiger partial charge in [0.05, 0.1) is 16.9 Å². The largest absolute Gasteiger partial charge is 0.365 e. The van der Waals surface area contributed by atoms with Crippen LogP contribution in [-0.2, 0) is 22.3 Å². The molecule has 1 aromatic carbocycles. The Morgan fingerprint density at radius 2 is 1.66 bits per heavy atom. The maximum absolute atomic E-state index is 15.6. The third-order valence-electron chi connectivity index (χ3n) is 9.57. The topological polar surface area (TPSA) is 100 Å². The Morgan fingerprint density at radius 1 is 0.932 bits per heavy atom. The lowest BCUT2D eigenvalue weighted by atomic mass is 9.87. The molecule has 7 rings (SSSR count). The van der Waals surface area contributed by atoms with E-state index in [9.17, 15) is 13.2 Å². The predicted octanol–water partition coefficient (Wildman–Crippen LogP) is 4.97. The molecule has 2 fully saturated rings. The van der Waals surface area contributed by atoms with Crippen LogP contribution in [0.15, 0.2) is 41.5 Å². The summed E-state index contributed by atoms with van der Waals surface area (Å²) >= 11 is 0. The summed E-state index contributed by atoms with van der Waals surface area (Å²) in [4.78, 5) is 27.1. The number of fused-ring (bicyclic) bond motifs is 9. The predicted molar refractivity (Wildman–Crippen MR) is 169 cm³/mol. The Bertz CT molecular complexity index is 1640. The van der Waals surface area contributed by atoms with E-state index in [0.29, 0.717) is 34.6 Å². The molecule has 12 heteroatoms. The van der Waals surface area contributed by atoms with E-state index in [1.54, 1.807) is 22.8 Å². The molecule has 3 aromatic rings. The maximum Gasteiger partial charge on any atom is 0.275 e. The molecule has 0 unspecified atom stereocenters. The summed E-state index contributed by atoms with van der Waals surface area (Å²) in [5.74, 6) is -2.43. The molecular weight excluding hydrogens is 586 g/mol. The zero-order valence-corrected chi connectivity index (χ0v) is 26.2. The number of alkyl halides is 2. The second-order valence-corrected chi connectivity index (χ2v) is 15.0. The van der Waals surface area contributed by atoms with E-state index < -0.39 is 15.8 Å². The van der Waals surface area contributed by atoms with Crippen molar-refractivity contribution < 1.29 is 17.2 Å². The van der Waals surface area contributed by atoms with Gasteiger partial charge in [-0.25, -0.2) is 27.2 Å². The average molecular weight is 629 g/mol. The van der Waals surface area contributed by atoms with Crippen molar-refractivity contribution >= 4 is 32.4 Å². The smallest absolute Gasteiger partial charge is 0.275 e. The lowest BCUT2D eigenvalue weighted by Crippen LogP contribution is -2.43. The van der Waals surface area contributed by atoms with Crippen LogP contribution >= 0.6 is 0 Å². The first kappa shape index (κ1) is 30.9. The van der Waals surface area contributed by atoms with Crippen LogP contribution < -0.4 is 15.8 Å². The third kappa shape index (κ3) is 6.75. The van der Waals surface area contributed by atoms with Crippen molar-refractivity contribution in [3.8, 4) is 0 Å².